The van der Waals surface area contributed by atoms with Crippen LogP contribution in [0.2, 0.25) is 0 Å². The molecule has 0 saturated heterocycles. The lowest BCUT2D eigenvalue weighted by Crippen LogP contribution is -2.48. The van der Waals surface area contributed by atoms with E-state index in [2.05, 4.69) is 29.2 Å². The number of anilines is 1. The number of hydrogen-bond donors (Lipinski definition) is 2. The number of aliphatic hydroxyl groups is 1. The van der Waals surface area contributed by atoms with Gasteiger partial charge in [-0.15, -0.1) is 0 Å². The molecule has 0 radical (unpaired) electrons. The molecule has 1 fully saturated rings. The predicted molar refractivity (Wildman–Crippen MR) is 78.4 cm³/mol. The Morgan fingerprint density at radius 3 is 2.74 bits per heavy atom. The smallest absolute Gasteiger partial charge is 0.0770 e. The number of nitrogens with two attached hydrogens (primary N) is 1. The lowest BCUT2D eigenvalue weighted by Gasteiger charge is -2.43. The fourth-order valence-electron chi connectivity index (χ4n) is 3.60. The minimum atomic E-state index is -0.605. The Morgan fingerprint density at radius 2 is 2.00 bits per heavy atom. The molecule has 104 valence electrons. The number of para-hydroxylation sites is 1. The second kappa shape index (κ2) is 5.14. The highest BCUT2D eigenvalue weighted by Crippen LogP contribution is 2.36. The van der Waals surface area contributed by atoms with Crippen LogP contribution in [0.25, 0.3) is 0 Å². The van der Waals surface area contributed by atoms with Crippen LogP contribution >= 0.6 is 0 Å². The van der Waals surface area contributed by atoms with Gasteiger partial charge in [0.1, 0.15) is 0 Å². The van der Waals surface area contributed by atoms with Crippen molar-refractivity contribution in [3.8, 4) is 0 Å². The Labute approximate surface area is 115 Å². The number of hydrogen-bond acceptors (Lipinski definition) is 3. The molecule has 3 N–H and O–H groups in total. The Morgan fingerprint density at radius 1 is 1.26 bits per heavy atom. The van der Waals surface area contributed by atoms with Crippen LogP contribution in [0, 0.1) is 0 Å². The Balaban J connectivity index is 1.75. The van der Waals surface area contributed by atoms with Crippen molar-refractivity contribution in [2.24, 2.45) is 5.73 Å². The van der Waals surface area contributed by atoms with Crippen molar-refractivity contribution in [2.45, 2.75) is 50.2 Å². The maximum Gasteiger partial charge on any atom is 0.0770 e. The van der Waals surface area contributed by atoms with E-state index in [4.69, 9.17) is 5.73 Å². The zero-order valence-corrected chi connectivity index (χ0v) is 11.5. The van der Waals surface area contributed by atoms with E-state index in [1.807, 2.05) is 0 Å². The molecule has 0 spiro atoms. The van der Waals surface area contributed by atoms with Crippen molar-refractivity contribution >= 4 is 5.69 Å². The average Bonchev–Trinajstić information content (AvgIpc) is 2.48. The summed E-state index contributed by atoms with van der Waals surface area (Å²) >= 11 is 0. The summed E-state index contributed by atoms with van der Waals surface area (Å²) in [6.45, 7) is 1.55. The van der Waals surface area contributed by atoms with E-state index in [9.17, 15) is 5.11 Å². The molecule has 1 aromatic rings. The predicted octanol–water partition coefficient (Wildman–Crippen LogP) is 2.07. The summed E-state index contributed by atoms with van der Waals surface area (Å²) in [5.41, 5.74) is 7.96. The average molecular weight is 260 g/mol. The molecule has 0 unspecified atom stereocenters. The molecule has 19 heavy (non-hydrogen) atoms. The number of aryl methyl sites for hydroxylation is 1. The van der Waals surface area contributed by atoms with Crippen molar-refractivity contribution < 1.29 is 5.11 Å². The molecule has 1 aliphatic heterocycles. The van der Waals surface area contributed by atoms with E-state index >= 15 is 0 Å². The maximum absolute atomic E-state index is 10.2. The van der Waals surface area contributed by atoms with Gasteiger partial charge in [-0.1, -0.05) is 18.2 Å². The van der Waals surface area contributed by atoms with E-state index in [0.29, 0.717) is 12.6 Å². The Kier molecular flexibility index (Phi) is 3.50. The summed E-state index contributed by atoms with van der Waals surface area (Å²) in [6.07, 6.45) is 6.24. The molecule has 0 bridgehead atoms. The van der Waals surface area contributed by atoms with Gasteiger partial charge in [0.2, 0.25) is 0 Å². The van der Waals surface area contributed by atoms with E-state index in [0.717, 1.165) is 32.2 Å². The third-order valence-electron chi connectivity index (χ3n) is 4.85. The highest BCUT2D eigenvalue weighted by molar-refractivity contribution is 5.56. The minimum absolute atomic E-state index is 0.399. The number of rotatable bonds is 2. The molecule has 1 saturated carbocycles. The minimum Gasteiger partial charge on any atom is -0.389 e. The first-order valence-electron chi connectivity index (χ1n) is 7.49. The van der Waals surface area contributed by atoms with Crippen LogP contribution in [0.15, 0.2) is 24.3 Å². The van der Waals surface area contributed by atoms with Crippen LogP contribution < -0.4 is 10.6 Å². The second-order valence-corrected chi connectivity index (χ2v) is 6.09. The van der Waals surface area contributed by atoms with E-state index < -0.39 is 5.60 Å². The maximum atomic E-state index is 10.2. The molecule has 3 nitrogen and oxygen atoms in total. The van der Waals surface area contributed by atoms with Crippen molar-refractivity contribution in [3.05, 3.63) is 29.8 Å². The topological polar surface area (TPSA) is 49.5 Å². The zero-order valence-electron chi connectivity index (χ0n) is 11.5. The summed E-state index contributed by atoms with van der Waals surface area (Å²) in [4.78, 5) is 2.56. The van der Waals surface area contributed by atoms with Gasteiger partial charge in [-0.3, -0.25) is 0 Å². The largest absolute Gasteiger partial charge is 0.389 e. The van der Waals surface area contributed by atoms with Gasteiger partial charge in [-0.2, -0.15) is 0 Å². The molecule has 1 aliphatic carbocycles. The summed E-state index contributed by atoms with van der Waals surface area (Å²) in [6, 6.07) is 9.35. The number of benzene rings is 1. The van der Waals surface area contributed by atoms with Gasteiger partial charge in [0, 0.05) is 24.8 Å². The first kappa shape index (κ1) is 12.9. The van der Waals surface area contributed by atoms with Gasteiger partial charge in [0.25, 0.3) is 0 Å². The molecule has 1 aromatic carbocycles. The van der Waals surface area contributed by atoms with Crippen LogP contribution in [0.4, 0.5) is 5.69 Å². The van der Waals surface area contributed by atoms with Crippen LogP contribution in [0.5, 0.6) is 0 Å². The van der Waals surface area contributed by atoms with Crippen molar-refractivity contribution in [1.29, 1.82) is 0 Å². The summed E-state index contributed by atoms with van der Waals surface area (Å²) < 4.78 is 0. The highest BCUT2D eigenvalue weighted by atomic mass is 16.3. The van der Waals surface area contributed by atoms with E-state index in [-0.39, 0.29) is 0 Å². The standard InChI is InChI=1S/C16H24N2O/c17-12-16(19)9-7-14(8-10-16)18-11-3-5-13-4-1-2-6-15(13)18/h1-2,4,6,14,19H,3,5,7-12,17H2. The van der Waals surface area contributed by atoms with Crippen molar-refractivity contribution in [3.63, 3.8) is 0 Å². The Hall–Kier alpha value is -1.06. The summed E-state index contributed by atoms with van der Waals surface area (Å²) in [5.74, 6) is 0. The van der Waals surface area contributed by atoms with Crippen LogP contribution in [-0.4, -0.2) is 29.8 Å². The van der Waals surface area contributed by atoms with Crippen LogP contribution in [0.3, 0.4) is 0 Å². The lowest BCUT2D eigenvalue weighted by molar-refractivity contribution is 0.00749. The van der Waals surface area contributed by atoms with Gasteiger partial charge in [-0.25, -0.2) is 0 Å². The molecule has 0 aromatic heterocycles. The fraction of sp³-hybridized carbons (Fsp3) is 0.625. The van der Waals surface area contributed by atoms with Crippen molar-refractivity contribution in [1.82, 2.24) is 0 Å². The van der Waals surface area contributed by atoms with Crippen LogP contribution in [-0.2, 0) is 6.42 Å². The lowest BCUT2D eigenvalue weighted by atomic mass is 9.81. The van der Waals surface area contributed by atoms with Crippen molar-refractivity contribution in [2.75, 3.05) is 18.0 Å². The molecule has 0 amide bonds. The Bertz CT molecular complexity index is 438. The van der Waals surface area contributed by atoms with E-state index in [1.54, 1.807) is 0 Å². The molecule has 3 rings (SSSR count). The van der Waals surface area contributed by atoms with Gasteiger partial charge >= 0.3 is 0 Å². The quantitative estimate of drug-likeness (QED) is 0.856. The molecule has 3 heteroatoms. The summed E-state index contributed by atoms with van der Waals surface area (Å²) in [7, 11) is 0. The van der Waals surface area contributed by atoms with Gasteiger partial charge in [0.05, 0.1) is 5.60 Å². The van der Waals surface area contributed by atoms with Gasteiger partial charge in [-0.05, 0) is 50.2 Å². The SMILES string of the molecule is NCC1(O)CCC(N2CCCc3ccccc32)CC1. The monoisotopic (exact) mass is 260 g/mol. The number of nitrogens with zero attached hydrogens (tertiary/aromatic N) is 1. The second-order valence-electron chi connectivity index (χ2n) is 6.09. The molecule has 2 aliphatic rings. The zero-order chi connectivity index (χ0) is 13.3. The normalized spacial score (nSPS) is 31.1. The van der Waals surface area contributed by atoms with E-state index in [1.165, 1.54) is 24.1 Å². The third-order valence-corrected chi connectivity index (χ3v) is 4.85. The fourth-order valence-corrected chi connectivity index (χ4v) is 3.60. The molecular formula is C16H24N2O. The molecule has 1 heterocycles. The third kappa shape index (κ3) is 2.49. The van der Waals surface area contributed by atoms with Gasteiger partial charge in [0.15, 0.2) is 0 Å². The molecule has 0 atom stereocenters. The number of fused-ring (bicyclic) bond motifs is 1. The van der Waals surface area contributed by atoms with Crippen LogP contribution in [0.1, 0.15) is 37.7 Å². The summed E-state index contributed by atoms with van der Waals surface area (Å²) in [5, 5.41) is 10.2. The van der Waals surface area contributed by atoms with Gasteiger partial charge < -0.3 is 15.7 Å². The first-order valence-corrected chi connectivity index (χ1v) is 7.49. The first-order chi connectivity index (χ1) is 9.22. The molecular weight excluding hydrogens is 236 g/mol. The highest BCUT2D eigenvalue weighted by Gasteiger charge is 2.35.